The Hall–Kier alpha value is -1.89. The monoisotopic (exact) mass is 526 g/mol. The summed E-state index contributed by atoms with van der Waals surface area (Å²) in [6.45, 7) is 1.93. The van der Waals surface area contributed by atoms with Gasteiger partial charge in [0.25, 0.3) is 5.91 Å². The lowest BCUT2D eigenvalue weighted by Gasteiger charge is -2.16. The molecule has 0 fully saturated rings. The Balaban J connectivity index is 1.69. The summed E-state index contributed by atoms with van der Waals surface area (Å²) in [7, 11) is 0. The van der Waals surface area contributed by atoms with Crippen LogP contribution in [-0.2, 0) is 4.79 Å². The lowest BCUT2D eigenvalue weighted by Crippen LogP contribution is -2.24. The number of carbonyl (C=O) groups excluding carboxylic acids is 2. The van der Waals surface area contributed by atoms with Gasteiger partial charge in [-0.3, -0.25) is 9.59 Å². The number of amides is 2. The van der Waals surface area contributed by atoms with Gasteiger partial charge in [0.1, 0.15) is 0 Å². The molecule has 0 aliphatic carbocycles. The van der Waals surface area contributed by atoms with Crippen molar-refractivity contribution in [1.82, 2.24) is 0 Å². The van der Waals surface area contributed by atoms with Gasteiger partial charge >= 0.3 is 0 Å². The smallest absolute Gasteiger partial charge is 0.257 e. The highest BCUT2D eigenvalue weighted by Crippen LogP contribution is 2.31. The Labute approximate surface area is 210 Å². The van der Waals surface area contributed by atoms with Gasteiger partial charge in [0.05, 0.1) is 26.5 Å². The van der Waals surface area contributed by atoms with Crippen LogP contribution in [0, 0.1) is 0 Å². The van der Waals surface area contributed by atoms with Crippen LogP contribution in [0.2, 0.25) is 20.1 Å². The minimum atomic E-state index is -0.363. The van der Waals surface area contributed by atoms with Gasteiger partial charge in [-0.15, -0.1) is 11.8 Å². The highest BCUT2D eigenvalue weighted by Gasteiger charge is 2.19. The first kappa shape index (κ1) is 24.7. The molecule has 0 aromatic heterocycles. The van der Waals surface area contributed by atoms with E-state index in [1.165, 1.54) is 17.8 Å². The van der Waals surface area contributed by atoms with Crippen molar-refractivity contribution in [1.29, 1.82) is 0 Å². The number of rotatable bonds is 7. The molecule has 3 aromatic carbocycles. The number of carbonyl (C=O) groups is 2. The Morgan fingerprint density at radius 3 is 2.22 bits per heavy atom. The summed E-state index contributed by atoms with van der Waals surface area (Å²) in [6.07, 6.45) is 0.596. The molecular formula is C23H18Cl4N2O2S. The maximum atomic E-state index is 12.8. The van der Waals surface area contributed by atoms with Crippen LogP contribution < -0.4 is 10.6 Å². The Morgan fingerprint density at radius 2 is 1.56 bits per heavy atom. The van der Waals surface area contributed by atoms with Gasteiger partial charge in [0.2, 0.25) is 5.91 Å². The normalized spacial score (nSPS) is 11.7. The number of thioether (sulfide) groups is 1. The molecule has 32 heavy (non-hydrogen) atoms. The molecular weight excluding hydrogens is 510 g/mol. The van der Waals surface area contributed by atoms with E-state index in [-0.39, 0.29) is 22.1 Å². The number of benzene rings is 3. The summed E-state index contributed by atoms with van der Waals surface area (Å²) in [4.78, 5) is 26.2. The van der Waals surface area contributed by atoms with Gasteiger partial charge in [0, 0.05) is 20.6 Å². The minimum absolute atomic E-state index is 0.177. The molecule has 3 rings (SSSR count). The first-order chi connectivity index (χ1) is 15.3. The van der Waals surface area contributed by atoms with Crippen LogP contribution >= 0.6 is 58.2 Å². The fourth-order valence-electron chi connectivity index (χ4n) is 2.81. The number of halogens is 4. The number of hydrogen-bond acceptors (Lipinski definition) is 3. The van der Waals surface area contributed by atoms with Crippen molar-refractivity contribution in [3.8, 4) is 0 Å². The Kier molecular flexibility index (Phi) is 8.74. The summed E-state index contributed by atoms with van der Waals surface area (Å²) in [5.74, 6) is -0.528. The average Bonchev–Trinajstić information content (AvgIpc) is 2.74. The summed E-state index contributed by atoms with van der Waals surface area (Å²) >= 11 is 25.5. The van der Waals surface area contributed by atoms with E-state index in [2.05, 4.69) is 10.6 Å². The van der Waals surface area contributed by atoms with Crippen molar-refractivity contribution < 1.29 is 9.59 Å². The molecule has 0 radical (unpaired) electrons. The molecule has 0 saturated carbocycles. The van der Waals surface area contributed by atoms with Crippen LogP contribution in [0.25, 0.3) is 0 Å². The van der Waals surface area contributed by atoms with E-state index in [0.29, 0.717) is 38.4 Å². The molecule has 1 atom stereocenters. The molecule has 1 unspecified atom stereocenters. The zero-order valence-electron chi connectivity index (χ0n) is 16.8. The predicted octanol–water partition coefficient (Wildman–Crippen LogP) is 8.06. The van der Waals surface area contributed by atoms with Crippen molar-refractivity contribution in [2.45, 2.75) is 23.5 Å². The van der Waals surface area contributed by atoms with E-state index in [0.717, 1.165) is 4.90 Å². The molecule has 0 saturated heterocycles. The first-order valence-electron chi connectivity index (χ1n) is 9.56. The fourth-order valence-corrected chi connectivity index (χ4v) is 4.77. The average molecular weight is 528 g/mol. The predicted molar refractivity (Wildman–Crippen MR) is 136 cm³/mol. The standard InChI is InChI=1S/C23H18Cl4N2O2S/c1-2-21(23(31)29-20-9-7-14(25)11-19(20)27)32-16-5-3-4-15(12-16)28-22(30)17-8-6-13(24)10-18(17)26/h3-12,21H,2H2,1H3,(H,28,30)(H,29,31). The number of anilines is 2. The van der Waals surface area contributed by atoms with Crippen molar-refractivity contribution in [3.63, 3.8) is 0 Å². The van der Waals surface area contributed by atoms with E-state index in [4.69, 9.17) is 46.4 Å². The summed E-state index contributed by atoms with van der Waals surface area (Å²) in [5.41, 5.74) is 1.41. The second kappa shape index (κ2) is 11.3. The lowest BCUT2D eigenvalue weighted by atomic mass is 10.2. The molecule has 9 heteroatoms. The minimum Gasteiger partial charge on any atom is -0.324 e. The van der Waals surface area contributed by atoms with E-state index in [9.17, 15) is 9.59 Å². The third-order valence-electron chi connectivity index (χ3n) is 4.40. The van der Waals surface area contributed by atoms with Gasteiger partial charge in [-0.1, -0.05) is 59.4 Å². The second-order valence-corrected chi connectivity index (χ2v) is 9.70. The number of nitrogens with one attached hydrogen (secondary N) is 2. The third-order valence-corrected chi connectivity index (χ3v) is 6.85. The van der Waals surface area contributed by atoms with Crippen LogP contribution in [0.1, 0.15) is 23.7 Å². The van der Waals surface area contributed by atoms with Crippen LogP contribution in [-0.4, -0.2) is 17.1 Å². The quantitative estimate of drug-likeness (QED) is 0.305. The number of hydrogen-bond donors (Lipinski definition) is 2. The topological polar surface area (TPSA) is 58.2 Å². The maximum Gasteiger partial charge on any atom is 0.257 e. The van der Waals surface area contributed by atoms with Crippen molar-refractivity contribution in [2.75, 3.05) is 10.6 Å². The van der Waals surface area contributed by atoms with E-state index >= 15 is 0 Å². The molecule has 3 aromatic rings. The van der Waals surface area contributed by atoms with Gasteiger partial charge in [-0.05, 0) is 61.0 Å². The summed E-state index contributed by atoms with van der Waals surface area (Å²) in [6, 6.07) is 16.8. The second-order valence-electron chi connectivity index (χ2n) is 6.73. The maximum absolute atomic E-state index is 12.8. The SMILES string of the molecule is CCC(Sc1cccc(NC(=O)c2ccc(Cl)cc2Cl)c1)C(=O)Nc1ccc(Cl)cc1Cl. The molecule has 0 aliphatic rings. The molecule has 2 N–H and O–H groups in total. The van der Waals surface area contributed by atoms with Gasteiger partial charge in [-0.25, -0.2) is 0 Å². The van der Waals surface area contributed by atoms with Gasteiger partial charge in [0.15, 0.2) is 0 Å². The Morgan fingerprint density at radius 1 is 0.875 bits per heavy atom. The van der Waals surface area contributed by atoms with E-state index in [1.54, 1.807) is 42.5 Å². The molecule has 0 aliphatic heterocycles. The zero-order valence-corrected chi connectivity index (χ0v) is 20.6. The van der Waals surface area contributed by atoms with E-state index < -0.39 is 0 Å². The van der Waals surface area contributed by atoms with Crippen LogP contribution in [0.15, 0.2) is 65.6 Å². The zero-order chi connectivity index (χ0) is 23.3. The van der Waals surface area contributed by atoms with Crippen molar-refractivity contribution >= 4 is 81.4 Å². The van der Waals surface area contributed by atoms with Crippen LogP contribution in [0.4, 0.5) is 11.4 Å². The van der Waals surface area contributed by atoms with E-state index in [1.807, 2.05) is 19.1 Å². The van der Waals surface area contributed by atoms with Crippen molar-refractivity contribution in [3.05, 3.63) is 86.3 Å². The third kappa shape index (κ3) is 6.56. The molecule has 0 bridgehead atoms. The first-order valence-corrected chi connectivity index (χ1v) is 11.9. The highest BCUT2D eigenvalue weighted by molar-refractivity contribution is 8.00. The fraction of sp³-hybridized carbons (Fsp3) is 0.130. The van der Waals surface area contributed by atoms with Crippen LogP contribution in [0.5, 0.6) is 0 Å². The molecule has 4 nitrogen and oxygen atoms in total. The summed E-state index contributed by atoms with van der Waals surface area (Å²) in [5, 5.41) is 6.89. The molecule has 166 valence electrons. The molecule has 0 heterocycles. The van der Waals surface area contributed by atoms with Gasteiger partial charge in [-0.2, -0.15) is 0 Å². The lowest BCUT2D eigenvalue weighted by molar-refractivity contribution is -0.115. The van der Waals surface area contributed by atoms with Crippen molar-refractivity contribution in [2.24, 2.45) is 0 Å². The Bertz CT molecular complexity index is 1160. The largest absolute Gasteiger partial charge is 0.324 e. The molecule has 0 spiro atoms. The summed E-state index contributed by atoms with van der Waals surface area (Å²) < 4.78 is 0. The van der Waals surface area contributed by atoms with Crippen LogP contribution in [0.3, 0.4) is 0 Å². The highest BCUT2D eigenvalue weighted by atomic mass is 35.5. The molecule has 2 amide bonds. The van der Waals surface area contributed by atoms with Gasteiger partial charge < -0.3 is 10.6 Å².